The number of para-hydroxylation sites is 1. The maximum atomic E-state index is 9.34. The Bertz CT molecular complexity index is 880. The zero-order chi connectivity index (χ0) is 15.0. The van der Waals surface area contributed by atoms with Gasteiger partial charge >= 0.3 is 0 Å². The third kappa shape index (κ3) is 2.42. The topological polar surface area (TPSA) is 41.6 Å². The van der Waals surface area contributed by atoms with Crippen LogP contribution in [-0.2, 0) is 5.88 Å². The Morgan fingerprint density at radius 3 is 2.81 bits per heavy atom. The number of benzene rings is 2. The van der Waals surface area contributed by atoms with Gasteiger partial charge in [-0.05, 0) is 30.3 Å². The molecule has 1 heterocycles. The van der Waals surface area contributed by atoms with Crippen molar-refractivity contribution in [2.45, 2.75) is 5.88 Å². The van der Waals surface area contributed by atoms with Gasteiger partial charge in [0, 0.05) is 4.47 Å². The van der Waals surface area contributed by atoms with E-state index >= 15 is 0 Å². The van der Waals surface area contributed by atoms with E-state index in [1.807, 2.05) is 28.8 Å². The van der Waals surface area contributed by atoms with Gasteiger partial charge in [-0.15, -0.1) is 11.6 Å². The lowest BCUT2D eigenvalue weighted by molar-refractivity contribution is 0.977. The number of alkyl halides is 1. The van der Waals surface area contributed by atoms with Crippen molar-refractivity contribution < 1.29 is 0 Å². The Kier molecular flexibility index (Phi) is 3.90. The van der Waals surface area contributed by atoms with Crippen LogP contribution in [-0.4, -0.2) is 9.55 Å². The number of rotatable bonds is 2. The lowest BCUT2D eigenvalue weighted by atomic mass is 10.2. The third-order valence-electron chi connectivity index (χ3n) is 3.15. The van der Waals surface area contributed by atoms with E-state index in [1.165, 1.54) is 0 Å². The molecule has 1 aromatic heterocycles. The summed E-state index contributed by atoms with van der Waals surface area (Å²) in [4.78, 5) is 4.49. The number of hydrogen-bond donors (Lipinski definition) is 0. The highest BCUT2D eigenvalue weighted by Gasteiger charge is 2.16. The summed E-state index contributed by atoms with van der Waals surface area (Å²) in [6.07, 6.45) is 0. The summed E-state index contributed by atoms with van der Waals surface area (Å²) < 4.78 is 2.75. The highest BCUT2D eigenvalue weighted by Crippen LogP contribution is 2.30. The molecule has 0 atom stereocenters. The minimum absolute atomic E-state index is 0.225. The van der Waals surface area contributed by atoms with Crippen LogP contribution in [0, 0.1) is 11.3 Å². The molecule has 0 saturated heterocycles. The van der Waals surface area contributed by atoms with Crippen LogP contribution in [0.5, 0.6) is 0 Å². The molecule has 2 aromatic carbocycles. The summed E-state index contributed by atoms with van der Waals surface area (Å²) in [5.41, 5.74) is 2.78. The number of hydrogen-bond acceptors (Lipinski definition) is 2. The van der Waals surface area contributed by atoms with Crippen LogP contribution in [0.2, 0.25) is 5.02 Å². The molecule has 0 spiro atoms. The molecule has 3 rings (SSSR count). The second-order valence-electron chi connectivity index (χ2n) is 4.38. The van der Waals surface area contributed by atoms with Gasteiger partial charge in [0.2, 0.25) is 0 Å². The second kappa shape index (κ2) is 5.69. The first-order valence-corrected chi connectivity index (χ1v) is 7.78. The zero-order valence-corrected chi connectivity index (χ0v) is 13.7. The predicted molar refractivity (Wildman–Crippen MR) is 88.1 cm³/mol. The summed E-state index contributed by atoms with van der Waals surface area (Å²) in [5.74, 6) is 0.872. The first-order chi connectivity index (χ1) is 10.2. The fourth-order valence-corrected chi connectivity index (χ4v) is 3.00. The molecule has 0 unspecified atom stereocenters. The Morgan fingerprint density at radius 2 is 2.10 bits per heavy atom. The molecular formula is C15H8BrCl2N3. The summed E-state index contributed by atoms with van der Waals surface area (Å²) in [6.45, 7) is 0. The minimum atomic E-state index is 0.225. The molecule has 0 saturated carbocycles. The molecule has 0 fully saturated rings. The van der Waals surface area contributed by atoms with Gasteiger partial charge in [0.1, 0.15) is 17.4 Å². The van der Waals surface area contributed by atoms with Gasteiger partial charge in [-0.1, -0.05) is 33.6 Å². The van der Waals surface area contributed by atoms with Crippen LogP contribution in [0.4, 0.5) is 0 Å². The van der Waals surface area contributed by atoms with Crippen LogP contribution in [0.25, 0.3) is 16.7 Å². The Labute approximate surface area is 139 Å². The Morgan fingerprint density at radius 1 is 1.29 bits per heavy atom. The monoisotopic (exact) mass is 379 g/mol. The van der Waals surface area contributed by atoms with E-state index in [0.29, 0.717) is 21.9 Å². The predicted octanol–water partition coefficient (Wildman–Crippen LogP) is 5.05. The number of fused-ring (bicyclic) bond motifs is 1. The second-order valence-corrected chi connectivity index (χ2v) is 5.97. The fourth-order valence-electron chi connectivity index (χ4n) is 2.26. The van der Waals surface area contributed by atoms with Crippen molar-refractivity contribution in [2.24, 2.45) is 0 Å². The molecule has 0 radical (unpaired) electrons. The molecule has 104 valence electrons. The van der Waals surface area contributed by atoms with Crippen molar-refractivity contribution in [3.8, 4) is 11.8 Å². The van der Waals surface area contributed by atoms with Crippen LogP contribution in [0.1, 0.15) is 11.4 Å². The lowest BCUT2D eigenvalue weighted by Gasteiger charge is -2.10. The molecule has 3 nitrogen and oxygen atoms in total. The summed E-state index contributed by atoms with van der Waals surface area (Å²) >= 11 is 15.7. The molecule has 0 N–H and O–H groups in total. The van der Waals surface area contributed by atoms with Crippen molar-refractivity contribution in [2.75, 3.05) is 0 Å². The quantitative estimate of drug-likeness (QED) is 0.583. The van der Waals surface area contributed by atoms with Gasteiger partial charge in [0.25, 0.3) is 0 Å². The maximum Gasteiger partial charge on any atom is 0.129 e. The number of halogens is 3. The van der Waals surface area contributed by atoms with Crippen molar-refractivity contribution >= 4 is 50.2 Å². The van der Waals surface area contributed by atoms with Gasteiger partial charge in [0.05, 0.1) is 27.7 Å². The molecule has 21 heavy (non-hydrogen) atoms. The minimum Gasteiger partial charge on any atom is -0.294 e. The number of imidazole rings is 1. The highest BCUT2D eigenvalue weighted by atomic mass is 79.9. The smallest absolute Gasteiger partial charge is 0.129 e. The molecule has 0 amide bonds. The van der Waals surface area contributed by atoms with Gasteiger partial charge in [-0.2, -0.15) is 5.26 Å². The van der Waals surface area contributed by atoms with Crippen molar-refractivity contribution in [1.29, 1.82) is 5.26 Å². The summed E-state index contributed by atoms with van der Waals surface area (Å²) in [6, 6.07) is 13.2. The summed E-state index contributed by atoms with van der Waals surface area (Å²) in [7, 11) is 0. The van der Waals surface area contributed by atoms with Crippen LogP contribution in [0.3, 0.4) is 0 Å². The third-order valence-corrected chi connectivity index (χ3v) is 4.18. The van der Waals surface area contributed by atoms with Crippen LogP contribution >= 0.6 is 39.1 Å². The number of aromatic nitrogens is 2. The largest absolute Gasteiger partial charge is 0.294 e. The lowest BCUT2D eigenvalue weighted by Crippen LogP contribution is -2.02. The Balaban J connectivity index is 2.43. The molecule has 0 aliphatic carbocycles. The van der Waals surface area contributed by atoms with Crippen molar-refractivity contribution in [3.63, 3.8) is 0 Å². The van der Waals surface area contributed by atoms with Gasteiger partial charge in [-0.25, -0.2) is 4.98 Å². The maximum absolute atomic E-state index is 9.34. The van der Waals surface area contributed by atoms with E-state index < -0.39 is 0 Å². The average Bonchev–Trinajstić information content (AvgIpc) is 2.87. The number of nitriles is 1. The van der Waals surface area contributed by atoms with Crippen molar-refractivity contribution in [3.05, 3.63) is 57.3 Å². The van der Waals surface area contributed by atoms with E-state index in [0.717, 1.165) is 15.7 Å². The van der Waals surface area contributed by atoms with Crippen LogP contribution < -0.4 is 0 Å². The zero-order valence-electron chi connectivity index (χ0n) is 10.6. The van der Waals surface area contributed by atoms with Gasteiger partial charge in [0.15, 0.2) is 0 Å². The highest BCUT2D eigenvalue weighted by molar-refractivity contribution is 9.10. The van der Waals surface area contributed by atoms with Gasteiger partial charge in [-0.3, -0.25) is 4.57 Å². The first-order valence-electron chi connectivity index (χ1n) is 6.07. The normalized spacial score (nSPS) is 10.8. The summed E-state index contributed by atoms with van der Waals surface area (Å²) in [5, 5.41) is 9.90. The fraction of sp³-hybridized carbons (Fsp3) is 0.0667. The molecular weight excluding hydrogens is 373 g/mol. The SMILES string of the molecule is N#Cc1ccc(Br)cc1-n1c(CCl)nc2c(Cl)cccc21. The standard InChI is InChI=1S/C15H8BrCl2N3/c16-10-5-4-9(8-19)13(6-10)21-12-3-1-2-11(18)15(12)20-14(21)7-17/h1-6H,7H2. The van der Waals surface area contributed by atoms with E-state index in [-0.39, 0.29) is 5.88 Å². The van der Waals surface area contributed by atoms with Gasteiger partial charge < -0.3 is 0 Å². The number of nitrogens with zero attached hydrogens (tertiary/aromatic N) is 3. The van der Waals surface area contributed by atoms with Crippen LogP contribution in [0.15, 0.2) is 40.9 Å². The molecule has 0 bridgehead atoms. The first kappa shape index (κ1) is 14.4. The molecule has 3 aromatic rings. The van der Waals surface area contributed by atoms with E-state index in [4.69, 9.17) is 23.2 Å². The van der Waals surface area contributed by atoms with Crippen molar-refractivity contribution in [1.82, 2.24) is 9.55 Å². The van der Waals surface area contributed by atoms with E-state index in [9.17, 15) is 5.26 Å². The Hall–Kier alpha value is -1.54. The average molecular weight is 381 g/mol. The van der Waals surface area contributed by atoms with E-state index in [1.54, 1.807) is 12.1 Å². The van der Waals surface area contributed by atoms with E-state index in [2.05, 4.69) is 27.0 Å². The molecule has 0 aliphatic rings. The molecule has 0 aliphatic heterocycles. The molecule has 6 heteroatoms.